The van der Waals surface area contributed by atoms with Gasteiger partial charge in [0.1, 0.15) is 10.7 Å². The summed E-state index contributed by atoms with van der Waals surface area (Å²) in [5.74, 6) is -0.132. The minimum Gasteiger partial charge on any atom is -0.496 e. The average molecular weight is 249 g/mol. The van der Waals surface area contributed by atoms with Crippen LogP contribution in [-0.2, 0) is 0 Å². The van der Waals surface area contributed by atoms with E-state index in [-0.39, 0.29) is 17.3 Å². The van der Waals surface area contributed by atoms with Crippen molar-refractivity contribution >= 4 is 22.6 Å². The summed E-state index contributed by atoms with van der Waals surface area (Å²) in [5, 5.41) is 11.3. The zero-order valence-electron chi connectivity index (χ0n) is 10.1. The van der Waals surface area contributed by atoms with Crippen molar-refractivity contribution in [1.29, 1.82) is 0 Å². The molecule has 18 heavy (non-hydrogen) atoms. The Morgan fingerprint density at radius 1 is 1.44 bits per heavy atom. The molecule has 1 aromatic carbocycles. The van der Waals surface area contributed by atoms with Gasteiger partial charge in [-0.1, -0.05) is 0 Å². The molecule has 0 radical (unpaired) electrons. The van der Waals surface area contributed by atoms with E-state index in [1.54, 1.807) is 13.0 Å². The van der Waals surface area contributed by atoms with Crippen molar-refractivity contribution in [3.63, 3.8) is 0 Å². The second-order valence-electron chi connectivity index (χ2n) is 3.87. The number of carbonyl (C=O) groups is 1. The van der Waals surface area contributed by atoms with Gasteiger partial charge in [0.05, 0.1) is 23.6 Å². The van der Waals surface area contributed by atoms with Crippen LogP contribution in [0.1, 0.15) is 22.8 Å². The van der Waals surface area contributed by atoms with Gasteiger partial charge in [-0.25, -0.2) is 0 Å². The highest BCUT2D eigenvalue weighted by molar-refractivity contribution is 6.07. The van der Waals surface area contributed by atoms with E-state index in [4.69, 9.17) is 9.15 Å². The van der Waals surface area contributed by atoms with Crippen molar-refractivity contribution in [3.05, 3.63) is 33.4 Å². The van der Waals surface area contributed by atoms with Crippen molar-refractivity contribution in [3.8, 4) is 5.75 Å². The summed E-state index contributed by atoms with van der Waals surface area (Å²) in [6.07, 6.45) is 0. The van der Waals surface area contributed by atoms with Crippen LogP contribution in [0.15, 0.2) is 16.5 Å². The van der Waals surface area contributed by atoms with E-state index in [1.807, 2.05) is 0 Å². The van der Waals surface area contributed by atoms with Crippen LogP contribution in [0.2, 0.25) is 0 Å². The van der Waals surface area contributed by atoms with Crippen molar-refractivity contribution < 1.29 is 18.9 Å². The first-order chi connectivity index (χ1) is 8.47. The fourth-order valence-corrected chi connectivity index (χ4v) is 1.93. The number of hydrogen-bond acceptors (Lipinski definition) is 5. The number of methoxy groups -OCH3 is 1. The van der Waals surface area contributed by atoms with Crippen LogP contribution in [0.25, 0.3) is 11.0 Å². The highest BCUT2D eigenvalue weighted by atomic mass is 16.6. The summed E-state index contributed by atoms with van der Waals surface area (Å²) >= 11 is 0. The monoisotopic (exact) mass is 249 g/mol. The largest absolute Gasteiger partial charge is 0.496 e. The van der Waals surface area contributed by atoms with Crippen LogP contribution >= 0.6 is 0 Å². The van der Waals surface area contributed by atoms with Crippen molar-refractivity contribution in [2.45, 2.75) is 13.8 Å². The molecular weight excluding hydrogens is 238 g/mol. The summed E-state index contributed by atoms with van der Waals surface area (Å²) in [6, 6.07) is 3.14. The molecule has 0 atom stereocenters. The van der Waals surface area contributed by atoms with Crippen LogP contribution < -0.4 is 4.74 Å². The summed E-state index contributed by atoms with van der Waals surface area (Å²) in [5.41, 5.74) is 0.864. The second kappa shape index (κ2) is 4.14. The Bertz CT molecular complexity index is 656. The maximum absolute atomic E-state index is 11.5. The van der Waals surface area contributed by atoms with Gasteiger partial charge in [-0.2, -0.15) is 0 Å². The zero-order valence-corrected chi connectivity index (χ0v) is 10.1. The summed E-state index contributed by atoms with van der Waals surface area (Å²) < 4.78 is 10.3. The average Bonchev–Trinajstić information content (AvgIpc) is 2.66. The summed E-state index contributed by atoms with van der Waals surface area (Å²) in [4.78, 5) is 21.7. The number of furan rings is 1. The predicted octanol–water partition coefficient (Wildman–Crippen LogP) is 2.86. The first-order valence-corrected chi connectivity index (χ1v) is 5.22. The third kappa shape index (κ3) is 1.62. The van der Waals surface area contributed by atoms with Gasteiger partial charge in [0.15, 0.2) is 11.4 Å². The summed E-state index contributed by atoms with van der Waals surface area (Å²) in [6.45, 7) is 2.95. The smallest absolute Gasteiger partial charge is 0.437 e. The Balaban J connectivity index is 2.92. The molecule has 0 saturated heterocycles. The SMILES string of the molecule is COc1ccc(C(C)=O)c2oc([N+](=O)[O-])c(C)c12. The van der Waals surface area contributed by atoms with E-state index >= 15 is 0 Å². The fourth-order valence-electron chi connectivity index (χ4n) is 1.93. The number of hydrogen-bond donors (Lipinski definition) is 0. The Morgan fingerprint density at radius 2 is 2.11 bits per heavy atom. The van der Waals surface area contributed by atoms with Crippen molar-refractivity contribution in [2.75, 3.05) is 7.11 Å². The van der Waals surface area contributed by atoms with Gasteiger partial charge in [-0.3, -0.25) is 14.9 Å². The normalized spacial score (nSPS) is 10.6. The third-order valence-corrected chi connectivity index (χ3v) is 2.78. The number of rotatable bonds is 3. The molecule has 0 N–H and O–H groups in total. The molecule has 0 aliphatic rings. The zero-order chi connectivity index (χ0) is 13.4. The lowest BCUT2D eigenvalue weighted by Crippen LogP contribution is -1.94. The van der Waals surface area contributed by atoms with Crippen LogP contribution in [0.4, 0.5) is 5.88 Å². The van der Waals surface area contributed by atoms with E-state index in [1.165, 1.54) is 20.1 Å². The van der Waals surface area contributed by atoms with Gasteiger partial charge in [-0.15, -0.1) is 0 Å². The van der Waals surface area contributed by atoms with Crippen LogP contribution in [0.5, 0.6) is 5.75 Å². The highest BCUT2D eigenvalue weighted by Crippen LogP contribution is 2.38. The van der Waals surface area contributed by atoms with E-state index in [9.17, 15) is 14.9 Å². The minimum absolute atomic E-state index is 0.200. The lowest BCUT2D eigenvalue weighted by Gasteiger charge is -2.03. The van der Waals surface area contributed by atoms with E-state index in [0.29, 0.717) is 22.3 Å². The number of aryl methyl sites for hydroxylation is 1. The first-order valence-electron chi connectivity index (χ1n) is 5.22. The van der Waals surface area contributed by atoms with Gasteiger partial charge in [0.2, 0.25) is 0 Å². The van der Waals surface area contributed by atoms with Crippen LogP contribution in [0.3, 0.4) is 0 Å². The Kier molecular flexibility index (Phi) is 2.78. The number of ketones is 1. The fraction of sp³-hybridized carbons (Fsp3) is 0.250. The lowest BCUT2D eigenvalue weighted by molar-refractivity contribution is -0.402. The molecule has 2 rings (SSSR count). The molecule has 1 aromatic heterocycles. The van der Waals surface area contributed by atoms with Gasteiger partial charge in [0, 0.05) is 0 Å². The quantitative estimate of drug-likeness (QED) is 0.474. The number of nitro groups is 1. The molecule has 0 amide bonds. The minimum atomic E-state index is -0.612. The lowest BCUT2D eigenvalue weighted by atomic mass is 10.1. The maximum atomic E-state index is 11.5. The van der Waals surface area contributed by atoms with Gasteiger partial charge in [-0.05, 0) is 26.0 Å². The predicted molar refractivity (Wildman–Crippen MR) is 64.2 cm³/mol. The molecule has 0 bridgehead atoms. The van der Waals surface area contributed by atoms with Crippen molar-refractivity contribution in [2.24, 2.45) is 0 Å². The maximum Gasteiger partial charge on any atom is 0.437 e. The number of benzene rings is 1. The Morgan fingerprint density at radius 3 is 2.61 bits per heavy atom. The van der Waals surface area contributed by atoms with Crippen LogP contribution in [-0.4, -0.2) is 17.8 Å². The molecule has 0 fully saturated rings. The van der Waals surface area contributed by atoms with Crippen LogP contribution in [0, 0.1) is 17.0 Å². The molecule has 0 aliphatic carbocycles. The molecule has 2 aromatic rings. The number of Topliss-reactive ketones (excluding diaryl/α,β-unsaturated/α-hetero) is 1. The molecule has 0 unspecified atom stereocenters. The van der Waals surface area contributed by atoms with E-state index in [2.05, 4.69) is 0 Å². The Hall–Kier alpha value is -2.37. The topological polar surface area (TPSA) is 82.6 Å². The number of ether oxygens (including phenoxy) is 1. The number of fused-ring (bicyclic) bond motifs is 1. The van der Waals surface area contributed by atoms with E-state index in [0.717, 1.165) is 0 Å². The Labute approximate surface area is 102 Å². The molecule has 0 aliphatic heterocycles. The van der Waals surface area contributed by atoms with E-state index < -0.39 is 4.92 Å². The van der Waals surface area contributed by atoms with Gasteiger partial charge in [0.25, 0.3) is 0 Å². The first kappa shape index (κ1) is 12.1. The highest BCUT2D eigenvalue weighted by Gasteiger charge is 2.25. The second-order valence-corrected chi connectivity index (χ2v) is 3.87. The molecule has 6 nitrogen and oxygen atoms in total. The standard InChI is InChI=1S/C12H11NO5/c1-6-10-9(17-3)5-4-8(7(2)14)11(10)18-12(6)13(15)16/h4-5H,1-3H3. The van der Waals surface area contributed by atoms with Crippen molar-refractivity contribution in [1.82, 2.24) is 0 Å². The molecule has 0 saturated carbocycles. The molecule has 6 heteroatoms. The molecule has 94 valence electrons. The number of nitrogens with zero attached hydrogens (tertiary/aromatic N) is 1. The van der Waals surface area contributed by atoms with Gasteiger partial charge < -0.3 is 9.15 Å². The summed E-state index contributed by atoms with van der Waals surface area (Å²) in [7, 11) is 1.46. The third-order valence-electron chi connectivity index (χ3n) is 2.78. The molecular formula is C12H11NO5. The molecule has 0 spiro atoms. The number of carbonyl (C=O) groups excluding carboxylic acids is 1. The molecule has 1 heterocycles. The van der Waals surface area contributed by atoms with Gasteiger partial charge >= 0.3 is 5.88 Å².